The molecule has 1 N–H and O–H groups in total. The Hall–Kier alpha value is -4.04. The molecule has 0 bridgehead atoms. The molecule has 172 valence electrons. The molecule has 1 saturated heterocycles. The molecule has 34 heavy (non-hydrogen) atoms. The maximum Gasteiger partial charge on any atom is 0.269 e. The van der Waals surface area contributed by atoms with Gasteiger partial charge in [-0.15, -0.1) is 0 Å². The van der Waals surface area contributed by atoms with Gasteiger partial charge in [0.15, 0.2) is 5.78 Å². The largest absolute Gasteiger partial charge is 0.497 e. The van der Waals surface area contributed by atoms with E-state index in [1.54, 1.807) is 61.7 Å². The predicted molar refractivity (Wildman–Crippen MR) is 126 cm³/mol. The van der Waals surface area contributed by atoms with Crippen LogP contribution < -0.4 is 10.1 Å². The average molecular weight is 457 g/mol. The molecule has 2 aliphatic rings. The highest BCUT2D eigenvalue weighted by Crippen LogP contribution is 2.56. The van der Waals surface area contributed by atoms with Crippen molar-refractivity contribution in [3.63, 3.8) is 0 Å². The second-order valence-electron chi connectivity index (χ2n) is 8.68. The van der Waals surface area contributed by atoms with E-state index in [4.69, 9.17) is 4.74 Å². The highest BCUT2D eigenvalue weighted by atomic mass is 16.6. The lowest BCUT2D eigenvalue weighted by molar-refractivity contribution is -0.384. The number of hydrogen-bond acceptors (Lipinski definition) is 6. The normalized spacial score (nSPS) is 23.5. The number of ketones is 1. The van der Waals surface area contributed by atoms with E-state index in [1.807, 2.05) is 18.0 Å². The number of nitro groups is 1. The van der Waals surface area contributed by atoms with Gasteiger partial charge in [0.2, 0.25) is 5.91 Å². The van der Waals surface area contributed by atoms with Crippen LogP contribution in [0.4, 0.5) is 11.4 Å². The minimum Gasteiger partial charge on any atom is -0.497 e. The third-order valence-corrected chi connectivity index (χ3v) is 7.01. The molecule has 0 unspecified atom stereocenters. The number of likely N-dealkylation sites (tertiary alicyclic amines) is 1. The van der Waals surface area contributed by atoms with Crippen molar-refractivity contribution in [3.05, 3.63) is 99.6 Å². The van der Waals surface area contributed by atoms with Crippen LogP contribution in [0.1, 0.15) is 27.4 Å². The van der Waals surface area contributed by atoms with Gasteiger partial charge >= 0.3 is 0 Å². The molecule has 8 nitrogen and oxygen atoms in total. The van der Waals surface area contributed by atoms with Crippen LogP contribution >= 0.6 is 0 Å². The van der Waals surface area contributed by atoms with Gasteiger partial charge in [-0.3, -0.25) is 24.6 Å². The number of nitro benzene ring substituents is 1. The fraction of sp³-hybridized carbons (Fsp3) is 0.231. The summed E-state index contributed by atoms with van der Waals surface area (Å²) >= 11 is 0. The van der Waals surface area contributed by atoms with Crippen molar-refractivity contribution in [2.24, 2.45) is 5.92 Å². The monoisotopic (exact) mass is 457 g/mol. The van der Waals surface area contributed by atoms with E-state index in [2.05, 4.69) is 5.32 Å². The lowest BCUT2D eigenvalue weighted by Crippen LogP contribution is -2.51. The Morgan fingerprint density at radius 3 is 2.59 bits per heavy atom. The number of carbonyl (C=O) groups is 2. The van der Waals surface area contributed by atoms with Gasteiger partial charge < -0.3 is 10.1 Å². The summed E-state index contributed by atoms with van der Waals surface area (Å²) in [6.45, 7) is 0.370. The number of nitrogens with zero attached hydrogens (tertiary/aromatic N) is 2. The van der Waals surface area contributed by atoms with Crippen molar-refractivity contribution < 1.29 is 19.2 Å². The number of hydrogen-bond donors (Lipinski definition) is 1. The Labute approximate surface area is 196 Å². The third kappa shape index (κ3) is 3.10. The van der Waals surface area contributed by atoms with Gasteiger partial charge in [-0.1, -0.05) is 42.5 Å². The fourth-order valence-corrected chi connectivity index (χ4v) is 5.50. The first-order valence-electron chi connectivity index (χ1n) is 10.9. The highest BCUT2D eigenvalue weighted by Gasteiger charge is 2.64. The molecule has 1 fully saturated rings. The maximum absolute atomic E-state index is 14.1. The fourth-order valence-electron chi connectivity index (χ4n) is 5.50. The zero-order chi connectivity index (χ0) is 24.0. The van der Waals surface area contributed by atoms with Crippen LogP contribution in [-0.2, 0) is 10.3 Å². The molecule has 0 aromatic heterocycles. The number of amides is 1. The first kappa shape index (κ1) is 21.8. The van der Waals surface area contributed by atoms with E-state index in [-0.39, 0.29) is 17.4 Å². The van der Waals surface area contributed by atoms with Gasteiger partial charge in [-0.25, -0.2) is 0 Å². The summed E-state index contributed by atoms with van der Waals surface area (Å²) in [6, 6.07) is 20.5. The second-order valence-corrected chi connectivity index (χ2v) is 8.68. The molecule has 5 rings (SSSR count). The summed E-state index contributed by atoms with van der Waals surface area (Å²) in [6.07, 6.45) is 0. The molecular weight excluding hydrogens is 434 g/mol. The SMILES string of the molecule is COc1ccc2c(c1)[C@@]1(C(=O)N2)[C@H](C(=O)c2ccccc2)[C@@H](c2cccc([N+](=O)[O-])c2)CN1C. The van der Waals surface area contributed by atoms with Gasteiger partial charge in [0, 0.05) is 41.4 Å². The van der Waals surface area contributed by atoms with E-state index in [1.165, 1.54) is 12.1 Å². The summed E-state index contributed by atoms with van der Waals surface area (Å²) in [5.74, 6) is -1.16. The van der Waals surface area contributed by atoms with Crippen molar-refractivity contribution in [3.8, 4) is 5.75 Å². The maximum atomic E-state index is 14.1. The molecule has 2 heterocycles. The minimum absolute atomic E-state index is 0.0510. The van der Waals surface area contributed by atoms with Crippen LogP contribution in [0, 0.1) is 16.0 Å². The second kappa shape index (κ2) is 8.07. The number of carbonyl (C=O) groups excluding carboxylic acids is 2. The number of methoxy groups -OCH3 is 1. The Morgan fingerprint density at radius 1 is 1.12 bits per heavy atom. The van der Waals surface area contributed by atoms with E-state index in [0.717, 1.165) is 0 Å². The molecule has 2 aliphatic heterocycles. The standard InChI is InChI=1S/C26H23N3O5/c1-28-15-20(17-9-6-10-18(13-17)29(32)33)23(24(30)16-7-4-3-5-8-16)26(28)21-14-19(34-2)11-12-22(21)27-25(26)31/h3-14,20,23H,15H2,1-2H3,(H,27,31)/t20-,23+,26+/m1/s1. The molecular formula is C26H23N3O5. The Balaban J connectivity index is 1.74. The number of fused-ring (bicyclic) bond motifs is 2. The molecule has 3 aromatic rings. The number of non-ortho nitro benzene ring substituents is 1. The topological polar surface area (TPSA) is 102 Å². The van der Waals surface area contributed by atoms with E-state index < -0.39 is 22.3 Å². The van der Waals surface area contributed by atoms with Gasteiger partial charge in [-0.2, -0.15) is 0 Å². The number of nitrogens with one attached hydrogen (secondary N) is 1. The number of likely N-dealkylation sites (N-methyl/N-ethyl adjacent to an activating group) is 1. The van der Waals surface area contributed by atoms with Gasteiger partial charge in [0.1, 0.15) is 11.3 Å². The number of Topliss-reactive ketones (excluding diaryl/α,β-unsaturated/α-hetero) is 1. The predicted octanol–water partition coefficient (Wildman–Crippen LogP) is 3.98. The lowest BCUT2D eigenvalue weighted by atomic mass is 9.70. The molecule has 3 aromatic carbocycles. The van der Waals surface area contributed by atoms with Crippen LogP contribution in [0.15, 0.2) is 72.8 Å². The van der Waals surface area contributed by atoms with Crippen LogP contribution in [0.5, 0.6) is 5.75 Å². The quantitative estimate of drug-likeness (QED) is 0.353. The molecule has 1 spiro atoms. The molecule has 0 saturated carbocycles. The minimum atomic E-state index is -1.29. The molecule has 1 amide bonds. The van der Waals surface area contributed by atoms with Crippen LogP contribution in [0.25, 0.3) is 0 Å². The van der Waals surface area contributed by atoms with E-state index in [9.17, 15) is 19.7 Å². The Morgan fingerprint density at radius 2 is 1.88 bits per heavy atom. The Kier molecular flexibility index (Phi) is 5.17. The summed E-state index contributed by atoms with van der Waals surface area (Å²) in [5.41, 5.74) is 1.10. The number of benzene rings is 3. The van der Waals surface area contributed by atoms with Crippen molar-refractivity contribution >= 4 is 23.1 Å². The van der Waals surface area contributed by atoms with Crippen LogP contribution in [-0.4, -0.2) is 42.2 Å². The number of rotatable bonds is 5. The molecule has 3 atom stereocenters. The Bertz CT molecular complexity index is 1310. The summed E-state index contributed by atoms with van der Waals surface area (Å²) in [4.78, 5) is 40.7. The molecule has 0 aliphatic carbocycles. The molecule has 0 radical (unpaired) electrons. The van der Waals surface area contributed by atoms with Gasteiger partial charge in [-0.05, 0) is 30.8 Å². The zero-order valence-corrected chi connectivity index (χ0v) is 18.7. The first-order valence-corrected chi connectivity index (χ1v) is 10.9. The van der Waals surface area contributed by atoms with Crippen molar-refractivity contribution in [1.29, 1.82) is 0 Å². The van der Waals surface area contributed by atoms with E-state index >= 15 is 0 Å². The average Bonchev–Trinajstić information content (AvgIpc) is 3.33. The van der Waals surface area contributed by atoms with Crippen LogP contribution in [0.2, 0.25) is 0 Å². The highest BCUT2D eigenvalue weighted by molar-refractivity contribution is 6.12. The van der Waals surface area contributed by atoms with Crippen molar-refractivity contribution in [1.82, 2.24) is 4.90 Å². The van der Waals surface area contributed by atoms with Crippen molar-refractivity contribution in [2.45, 2.75) is 11.5 Å². The van der Waals surface area contributed by atoms with E-state index in [0.29, 0.717) is 34.7 Å². The zero-order valence-electron chi connectivity index (χ0n) is 18.7. The summed E-state index contributed by atoms with van der Waals surface area (Å²) in [7, 11) is 3.37. The lowest BCUT2D eigenvalue weighted by Gasteiger charge is -2.35. The number of anilines is 1. The summed E-state index contributed by atoms with van der Waals surface area (Å²) in [5, 5.41) is 14.4. The van der Waals surface area contributed by atoms with Crippen LogP contribution in [0.3, 0.4) is 0 Å². The first-order chi connectivity index (χ1) is 16.4. The third-order valence-electron chi connectivity index (χ3n) is 7.01. The molecule has 8 heteroatoms. The summed E-state index contributed by atoms with van der Waals surface area (Å²) < 4.78 is 5.43. The van der Waals surface area contributed by atoms with Gasteiger partial charge in [0.05, 0.1) is 18.0 Å². The number of ether oxygens (including phenoxy) is 1. The smallest absolute Gasteiger partial charge is 0.269 e. The van der Waals surface area contributed by atoms with Crippen molar-refractivity contribution in [2.75, 3.05) is 26.0 Å². The van der Waals surface area contributed by atoms with Gasteiger partial charge in [0.25, 0.3) is 5.69 Å².